The van der Waals surface area contributed by atoms with Gasteiger partial charge >= 0.3 is 5.97 Å². The van der Waals surface area contributed by atoms with Crippen molar-refractivity contribution in [2.24, 2.45) is 0 Å². The second-order valence-electron chi connectivity index (χ2n) is 3.11. The number of rotatable bonds is 2. The van der Waals surface area contributed by atoms with E-state index in [0.29, 0.717) is 5.02 Å². The molecule has 0 aliphatic carbocycles. The van der Waals surface area contributed by atoms with Crippen molar-refractivity contribution >= 4 is 17.6 Å². The Morgan fingerprint density at radius 2 is 1.88 bits per heavy atom. The van der Waals surface area contributed by atoms with Crippen molar-refractivity contribution in [3.63, 3.8) is 0 Å². The van der Waals surface area contributed by atoms with Gasteiger partial charge in [-0.2, -0.15) is 0 Å². The van der Waals surface area contributed by atoms with Gasteiger partial charge < -0.3 is 5.11 Å². The predicted molar refractivity (Wildman–Crippen MR) is 59.4 cm³/mol. The van der Waals surface area contributed by atoms with Gasteiger partial charge in [-0.25, -0.2) is 14.8 Å². The third kappa shape index (κ3) is 2.17. The second-order valence-corrected chi connectivity index (χ2v) is 3.55. The fourth-order valence-electron chi connectivity index (χ4n) is 1.26. The summed E-state index contributed by atoms with van der Waals surface area (Å²) in [5, 5.41) is 9.26. The van der Waals surface area contributed by atoms with Crippen LogP contribution >= 0.6 is 11.6 Å². The van der Waals surface area contributed by atoms with Crippen LogP contribution in [0.15, 0.2) is 36.7 Å². The van der Waals surface area contributed by atoms with Crippen LogP contribution < -0.4 is 0 Å². The molecule has 0 unspecified atom stereocenters. The molecule has 0 amide bonds. The Morgan fingerprint density at radius 1 is 1.19 bits per heavy atom. The minimum absolute atomic E-state index is 0.217. The van der Waals surface area contributed by atoms with E-state index >= 15 is 0 Å². The summed E-state index contributed by atoms with van der Waals surface area (Å²) < 4.78 is 0. The molecule has 0 saturated heterocycles. The minimum Gasteiger partial charge on any atom is -0.475 e. The van der Waals surface area contributed by atoms with E-state index in [2.05, 4.69) is 9.97 Å². The largest absolute Gasteiger partial charge is 0.475 e. The quantitative estimate of drug-likeness (QED) is 0.867. The van der Waals surface area contributed by atoms with E-state index in [9.17, 15) is 4.79 Å². The summed E-state index contributed by atoms with van der Waals surface area (Å²) >= 11 is 5.84. The molecule has 16 heavy (non-hydrogen) atoms. The third-order valence-electron chi connectivity index (χ3n) is 2.00. The summed E-state index contributed by atoms with van der Waals surface area (Å²) in [6.45, 7) is 0. The number of carboxylic acid groups (broad SMARTS) is 1. The Kier molecular flexibility index (Phi) is 2.83. The van der Waals surface area contributed by atoms with Gasteiger partial charge in [0.25, 0.3) is 0 Å². The second kappa shape index (κ2) is 4.28. The van der Waals surface area contributed by atoms with Crippen LogP contribution in [-0.4, -0.2) is 21.0 Å². The van der Waals surface area contributed by atoms with Gasteiger partial charge in [-0.3, -0.25) is 0 Å². The highest BCUT2D eigenvalue weighted by molar-refractivity contribution is 6.30. The van der Waals surface area contributed by atoms with E-state index in [0.717, 1.165) is 11.1 Å². The Labute approximate surface area is 96.6 Å². The molecule has 0 atom stereocenters. The number of aromatic nitrogens is 2. The monoisotopic (exact) mass is 234 g/mol. The highest BCUT2D eigenvalue weighted by atomic mass is 35.5. The highest BCUT2D eigenvalue weighted by Gasteiger charge is 2.06. The lowest BCUT2D eigenvalue weighted by Gasteiger charge is -2.01. The lowest BCUT2D eigenvalue weighted by atomic mass is 10.1. The molecule has 0 saturated carbocycles. The molecule has 0 aliphatic heterocycles. The highest BCUT2D eigenvalue weighted by Crippen LogP contribution is 2.21. The molecule has 5 heteroatoms. The van der Waals surface area contributed by atoms with Crippen molar-refractivity contribution in [3.8, 4) is 11.1 Å². The van der Waals surface area contributed by atoms with E-state index in [1.54, 1.807) is 12.1 Å². The zero-order valence-corrected chi connectivity index (χ0v) is 8.85. The van der Waals surface area contributed by atoms with Crippen LogP contribution in [0.2, 0.25) is 5.02 Å². The van der Waals surface area contributed by atoms with E-state index in [-0.39, 0.29) is 5.82 Å². The Morgan fingerprint density at radius 3 is 2.44 bits per heavy atom. The summed E-state index contributed by atoms with van der Waals surface area (Å²) in [6.07, 6.45) is 2.92. The maximum absolute atomic E-state index is 10.6. The summed E-state index contributed by atoms with van der Waals surface area (Å²) in [5.74, 6) is -1.36. The summed E-state index contributed by atoms with van der Waals surface area (Å²) in [6, 6.07) is 7.19. The van der Waals surface area contributed by atoms with Gasteiger partial charge in [-0.15, -0.1) is 0 Å². The topological polar surface area (TPSA) is 63.1 Å². The number of aromatic carboxylic acids is 1. The average molecular weight is 235 g/mol. The molecular formula is C11H7ClN2O2. The molecule has 0 fully saturated rings. The molecule has 1 N–H and O–H groups in total. The number of carboxylic acids is 1. The van der Waals surface area contributed by atoms with Crippen LogP contribution in [0.5, 0.6) is 0 Å². The number of hydrogen-bond acceptors (Lipinski definition) is 3. The van der Waals surface area contributed by atoms with Gasteiger partial charge in [-0.1, -0.05) is 23.7 Å². The summed E-state index contributed by atoms with van der Waals surface area (Å²) in [5.41, 5.74) is 1.58. The molecule has 0 bridgehead atoms. The fraction of sp³-hybridized carbons (Fsp3) is 0. The standard InChI is InChI=1S/C11H7ClN2O2/c12-9-3-1-2-7(4-9)8-5-13-10(11(15)16)14-6-8/h1-6H,(H,15,16). The molecule has 80 valence electrons. The molecule has 4 nitrogen and oxygen atoms in total. The normalized spacial score (nSPS) is 10.1. The van der Waals surface area contributed by atoms with Crippen molar-refractivity contribution < 1.29 is 9.90 Å². The summed E-state index contributed by atoms with van der Waals surface area (Å²) in [7, 11) is 0. The number of carbonyl (C=O) groups is 1. The Balaban J connectivity index is 2.38. The Hall–Kier alpha value is -1.94. The van der Waals surface area contributed by atoms with Crippen LogP contribution in [-0.2, 0) is 0 Å². The number of benzene rings is 1. The first-order valence-electron chi connectivity index (χ1n) is 4.48. The maximum atomic E-state index is 10.6. The SMILES string of the molecule is O=C(O)c1ncc(-c2cccc(Cl)c2)cn1. The summed E-state index contributed by atoms with van der Waals surface area (Å²) in [4.78, 5) is 18.0. The van der Waals surface area contributed by atoms with Crippen molar-refractivity contribution in [3.05, 3.63) is 47.5 Å². The zero-order chi connectivity index (χ0) is 11.5. The first-order chi connectivity index (χ1) is 7.66. The van der Waals surface area contributed by atoms with Crippen molar-refractivity contribution in [2.75, 3.05) is 0 Å². The molecule has 1 aromatic heterocycles. The lowest BCUT2D eigenvalue weighted by molar-refractivity contribution is 0.0683. The molecule has 0 aliphatic rings. The third-order valence-corrected chi connectivity index (χ3v) is 2.24. The smallest absolute Gasteiger partial charge is 0.373 e. The fourth-order valence-corrected chi connectivity index (χ4v) is 1.45. The van der Waals surface area contributed by atoms with E-state index in [4.69, 9.17) is 16.7 Å². The van der Waals surface area contributed by atoms with Crippen molar-refractivity contribution in [1.82, 2.24) is 9.97 Å². The van der Waals surface area contributed by atoms with Crippen LogP contribution in [0, 0.1) is 0 Å². The lowest BCUT2D eigenvalue weighted by Crippen LogP contribution is -2.02. The van der Waals surface area contributed by atoms with Crippen molar-refractivity contribution in [1.29, 1.82) is 0 Å². The van der Waals surface area contributed by atoms with Gasteiger partial charge in [0.15, 0.2) is 0 Å². The molecule has 2 rings (SSSR count). The first kappa shape index (κ1) is 10.6. The van der Waals surface area contributed by atoms with E-state index in [1.807, 2.05) is 12.1 Å². The van der Waals surface area contributed by atoms with Gasteiger partial charge in [0.2, 0.25) is 5.82 Å². The molecule has 0 spiro atoms. The molecule has 1 heterocycles. The van der Waals surface area contributed by atoms with Crippen LogP contribution in [0.4, 0.5) is 0 Å². The maximum Gasteiger partial charge on any atom is 0.373 e. The number of halogens is 1. The van der Waals surface area contributed by atoms with Crippen LogP contribution in [0.25, 0.3) is 11.1 Å². The molecule has 0 radical (unpaired) electrons. The number of nitrogens with zero attached hydrogens (tertiary/aromatic N) is 2. The molecule has 1 aromatic carbocycles. The average Bonchev–Trinajstić information content (AvgIpc) is 2.29. The van der Waals surface area contributed by atoms with Crippen LogP contribution in [0.3, 0.4) is 0 Å². The van der Waals surface area contributed by atoms with Crippen molar-refractivity contribution in [2.45, 2.75) is 0 Å². The zero-order valence-electron chi connectivity index (χ0n) is 8.09. The van der Waals surface area contributed by atoms with Crippen LogP contribution in [0.1, 0.15) is 10.6 Å². The predicted octanol–water partition coefficient (Wildman–Crippen LogP) is 2.50. The van der Waals surface area contributed by atoms with E-state index < -0.39 is 5.97 Å². The molecular weight excluding hydrogens is 228 g/mol. The minimum atomic E-state index is -1.14. The van der Waals surface area contributed by atoms with Gasteiger partial charge in [0, 0.05) is 23.0 Å². The number of hydrogen-bond donors (Lipinski definition) is 1. The van der Waals surface area contributed by atoms with Gasteiger partial charge in [-0.05, 0) is 17.7 Å². The first-order valence-corrected chi connectivity index (χ1v) is 4.86. The van der Waals surface area contributed by atoms with Gasteiger partial charge in [0.05, 0.1) is 0 Å². The van der Waals surface area contributed by atoms with E-state index in [1.165, 1.54) is 12.4 Å². The van der Waals surface area contributed by atoms with Gasteiger partial charge in [0.1, 0.15) is 0 Å². The molecule has 2 aromatic rings. The Bertz CT molecular complexity index is 526.